The predicted molar refractivity (Wildman–Crippen MR) is 45.1 cm³/mol. The van der Waals surface area contributed by atoms with Gasteiger partial charge in [-0.3, -0.25) is 4.79 Å². The van der Waals surface area contributed by atoms with Gasteiger partial charge in [-0.2, -0.15) is 0 Å². The maximum atomic E-state index is 11.0. The van der Waals surface area contributed by atoms with Crippen molar-refractivity contribution in [2.45, 2.75) is 46.1 Å². The van der Waals surface area contributed by atoms with Gasteiger partial charge in [0.05, 0.1) is 0 Å². The Morgan fingerprint density at radius 1 is 1.45 bits per heavy atom. The molecule has 0 aromatic heterocycles. The summed E-state index contributed by atoms with van der Waals surface area (Å²) in [4.78, 5) is 11.0. The molecule has 0 rings (SSSR count). The number of unbranched alkanes of at least 4 members (excludes halogenated alkanes) is 1. The smallest absolute Gasteiger partial charge is 0.306 e. The highest BCUT2D eigenvalue weighted by molar-refractivity contribution is 5.69. The molecule has 2 heteroatoms. The average molecular weight is 157 g/mol. The standard InChI is InChI=1S/C9H17O2/c1-5-6-7-8(10)11-9(2,3)4/h5H,6-7H2,1-4H3. The zero-order chi connectivity index (χ0) is 8.91. The second-order valence-corrected chi connectivity index (χ2v) is 3.53. The van der Waals surface area contributed by atoms with Crippen molar-refractivity contribution in [1.29, 1.82) is 0 Å². The minimum atomic E-state index is -0.342. The number of esters is 1. The molecule has 0 fully saturated rings. The first kappa shape index (κ1) is 10.5. The molecule has 0 unspecified atom stereocenters. The van der Waals surface area contributed by atoms with E-state index in [0.717, 1.165) is 6.42 Å². The summed E-state index contributed by atoms with van der Waals surface area (Å²) < 4.78 is 5.08. The first-order valence-corrected chi connectivity index (χ1v) is 3.95. The fraction of sp³-hybridized carbons (Fsp3) is 0.778. The zero-order valence-electron chi connectivity index (χ0n) is 7.81. The lowest BCUT2D eigenvalue weighted by molar-refractivity contribution is -0.154. The van der Waals surface area contributed by atoms with Gasteiger partial charge in [-0.1, -0.05) is 6.92 Å². The summed E-state index contributed by atoms with van der Waals surface area (Å²) in [7, 11) is 0. The van der Waals surface area contributed by atoms with Gasteiger partial charge in [0, 0.05) is 6.42 Å². The van der Waals surface area contributed by atoms with Crippen LogP contribution in [-0.2, 0) is 9.53 Å². The van der Waals surface area contributed by atoms with Gasteiger partial charge in [-0.25, -0.2) is 0 Å². The van der Waals surface area contributed by atoms with Gasteiger partial charge in [0.25, 0.3) is 0 Å². The first-order valence-electron chi connectivity index (χ1n) is 3.95. The van der Waals surface area contributed by atoms with E-state index in [1.165, 1.54) is 0 Å². The van der Waals surface area contributed by atoms with E-state index >= 15 is 0 Å². The second-order valence-electron chi connectivity index (χ2n) is 3.53. The van der Waals surface area contributed by atoms with Crippen molar-refractivity contribution >= 4 is 5.97 Å². The summed E-state index contributed by atoms with van der Waals surface area (Å²) in [5, 5.41) is 0. The molecule has 0 atom stereocenters. The van der Waals surface area contributed by atoms with Gasteiger partial charge >= 0.3 is 5.97 Å². The summed E-state index contributed by atoms with van der Waals surface area (Å²) in [6.07, 6.45) is 3.26. The minimum absolute atomic E-state index is 0.115. The number of hydrogen-bond donors (Lipinski definition) is 0. The Bertz CT molecular complexity index is 122. The monoisotopic (exact) mass is 157 g/mol. The van der Waals surface area contributed by atoms with Crippen LogP contribution < -0.4 is 0 Å². The summed E-state index contributed by atoms with van der Waals surface area (Å²) in [6, 6.07) is 0. The lowest BCUT2D eigenvalue weighted by Crippen LogP contribution is -2.23. The van der Waals surface area contributed by atoms with E-state index in [4.69, 9.17) is 4.74 Å². The number of carbonyl (C=O) groups excluding carboxylic acids is 1. The molecule has 0 aromatic carbocycles. The van der Waals surface area contributed by atoms with Crippen molar-refractivity contribution in [1.82, 2.24) is 0 Å². The van der Waals surface area contributed by atoms with Crippen molar-refractivity contribution in [2.24, 2.45) is 0 Å². The topological polar surface area (TPSA) is 26.3 Å². The van der Waals surface area contributed by atoms with Gasteiger partial charge in [-0.15, -0.1) is 0 Å². The Morgan fingerprint density at radius 2 is 2.00 bits per heavy atom. The molecule has 0 saturated heterocycles. The normalized spacial score (nSPS) is 11.3. The summed E-state index contributed by atoms with van der Waals surface area (Å²) in [6.45, 7) is 7.56. The van der Waals surface area contributed by atoms with Crippen LogP contribution in [0, 0.1) is 6.42 Å². The molecule has 0 amide bonds. The third kappa shape index (κ3) is 7.37. The van der Waals surface area contributed by atoms with Gasteiger partial charge in [0.15, 0.2) is 0 Å². The second kappa shape index (κ2) is 4.37. The van der Waals surface area contributed by atoms with Gasteiger partial charge in [0.1, 0.15) is 5.60 Å². The van der Waals surface area contributed by atoms with E-state index < -0.39 is 0 Å². The van der Waals surface area contributed by atoms with Crippen molar-refractivity contribution in [3.05, 3.63) is 6.42 Å². The van der Waals surface area contributed by atoms with Gasteiger partial charge in [0.2, 0.25) is 0 Å². The molecule has 11 heavy (non-hydrogen) atoms. The summed E-state index contributed by atoms with van der Waals surface area (Å²) in [5.74, 6) is -0.115. The van der Waals surface area contributed by atoms with Crippen LogP contribution in [0.2, 0.25) is 0 Å². The molecule has 2 nitrogen and oxygen atoms in total. The van der Waals surface area contributed by atoms with E-state index in [9.17, 15) is 4.79 Å². The fourth-order valence-electron chi connectivity index (χ4n) is 0.655. The summed E-state index contributed by atoms with van der Waals surface area (Å²) in [5.41, 5.74) is -0.342. The first-order chi connectivity index (χ1) is 4.95. The van der Waals surface area contributed by atoms with Crippen molar-refractivity contribution in [3.63, 3.8) is 0 Å². The summed E-state index contributed by atoms with van der Waals surface area (Å²) >= 11 is 0. The maximum Gasteiger partial charge on any atom is 0.306 e. The van der Waals surface area contributed by atoms with Gasteiger partial charge in [-0.05, 0) is 33.6 Å². The lowest BCUT2D eigenvalue weighted by Gasteiger charge is -2.19. The highest BCUT2D eigenvalue weighted by atomic mass is 16.6. The van der Waals surface area contributed by atoms with Crippen molar-refractivity contribution in [2.75, 3.05) is 0 Å². The SMILES string of the molecule is C[CH]CCC(=O)OC(C)(C)C. The molecule has 0 N–H and O–H groups in total. The number of hydrogen-bond acceptors (Lipinski definition) is 2. The average Bonchev–Trinajstić information content (AvgIpc) is 1.79. The number of rotatable bonds is 3. The van der Waals surface area contributed by atoms with E-state index in [-0.39, 0.29) is 11.6 Å². The predicted octanol–water partition coefficient (Wildman–Crippen LogP) is 2.33. The van der Waals surface area contributed by atoms with E-state index in [0.29, 0.717) is 6.42 Å². The number of ether oxygens (including phenoxy) is 1. The van der Waals surface area contributed by atoms with Crippen LogP contribution in [0.3, 0.4) is 0 Å². The van der Waals surface area contributed by atoms with Gasteiger partial charge < -0.3 is 4.74 Å². The van der Waals surface area contributed by atoms with Crippen LogP contribution >= 0.6 is 0 Å². The van der Waals surface area contributed by atoms with Crippen LogP contribution in [0.1, 0.15) is 40.5 Å². The molecular formula is C9H17O2. The third-order valence-corrected chi connectivity index (χ3v) is 1.06. The maximum absolute atomic E-state index is 11.0. The molecule has 0 aliphatic rings. The fourth-order valence-corrected chi connectivity index (χ4v) is 0.655. The van der Waals surface area contributed by atoms with E-state index in [2.05, 4.69) is 0 Å². The molecule has 0 aliphatic heterocycles. The highest BCUT2D eigenvalue weighted by Crippen LogP contribution is 2.09. The Balaban J connectivity index is 3.53. The molecule has 0 spiro atoms. The van der Waals surface area contributed by atoms with Crippen LogP contribution in [0.4, 0.5) is 0 Å². The largest absolute Gasteiger partial charge is 0.460 e. The van der Waals surface area contributed by atoms with Crippen LogP contribution in [0.25, 0.3) is 0 Å². The Hall–Kier alpha value is -0.530. The molecule has 65 valence electrons. The van der Waals surface area contributed by atoms with Crippen LogP contribution in [0.15, 0.2) is 0 Å². The highest BCUT2D eigenvalue weighted by Gasteiger charge is 2.14. The third-order valence-electron chi connectivity index (χ3n) is 1.06. The van der Waals surface area contributed by atoms with Crippen LogP contribution in [-0.4, -0.2) is 11.6 Å². The molecule has 1 radical (unpaired) electrons. The van der Waals surface area contributed by atoms with E-state index in [1.807, 2.05) is 34.1 Å². The van der Waals surface area contributed by atoms with E-state index in [1.54, 1.807) is 0 Å². The molecule has 0 bridgehead atoms. The molecule has 0 saturated carbocycles. The zero-order valence-corrected chi connectivity index (χ0v) is 7.81. The Kier molecular flexibility index (Phi) is 4.16. The lowest BCUT2D eigenvalue weighted by atomic mass is 10.2. The Labute approximate surface area is 68.9 Å². The van der Waals surface area contributed by atoms with Crippen molar-refractivity contribution in [3.8, 4) is 0 Å². The molecule has 0 aliphatic carbocycles. The molecule has 0 aromatic rings. The number of carbonyl (C=O) groups is 1. The van der Waals surface area contributed by atoms with Crippen LogP contribution in [0.5, 0.6) is 0 Å². The minimum Gasteiger partial charge on any atom is -0.460 e. The quantitative estimate of drug-likeness (QED) is 0.588. The van der Waals surface area contributed by atoms with Crippen molar-refractivity contribution < 1.29 is 9.53 Å². The Morgan fingerprint density at radius 3 is 2.36 bits per heavy atom. The molecule has 0 heterocycles. The molecular weight excluding hydrogens is 140 g/mol.